The zero-order valence-electron chi connectivity index (χ0n) is 10.3. The van der Waals surface area contributed by atoms with Gasteiger partial charge in [0.2, 0.25) is 0 Å². The molecule has 1 aliphatic heterocycles. The van der Waals surface area contributed by atoms with E-state index in [-0.39, 0.29) is 37.0 Å². The van der Waals surface area contributed by atoms with Gasteiger partial charge >= 0.3 is 0 Å². The van der Waals surface area contributed by atoms with E-state index in [1.165, 1.54) is 0 Å². The zero-order chi connectivity index (χ0) is 11.7. The van der Waals surface area contributed by atoms with Crippen LogP contribution < -0.4 is 5.73 Å². The van der Waals surface area contributed by atoms with Crippen LogP contribution in [0.2, 0.25) is 0 Å². The third-order valence-corrected chi connectivity index (χ3v) is 3.10. The standard InChI is InChI=1S/C13H15N3O.2ClH/c14-11-6-9-17-12(11)13-15-7-8-16(13)10-4-2-1-3-5-10;;/h1-5,7-8,11-12H,6,9,14H2;2*1H. The third-order valence-electron chi connectivity index (χ3n) is 3.10. The van der Waals surface area contributed by atoms with E-state index in [4.69, 9.17) is 10.5 Å². The van der Waals surface area contributed by atoms with Crippen molar-refractivity contribution in [2.24, 2.45) is 5.73 Å². The van der Waals surface area contributed by atoms with Crippen molar-refractivity contribution in [1.82, 2.24) is 9.55 Å². The van der Waals surface area contributed by atoms with Gasteiger partial charge in [0.25, 0.3) is 0 Å². The van der Waals surface area contributed by atoms with Crippen molar-refractivity contribution in [1.29, 1.82) is 0 Å². The summed E-state index contributed by atoms with van der Waals surface area (Å²) in [6, 6.07) is 10.2. The molecule has 2 unspecified atom stereocenters. The number of ether oxygens (including phenoxy) is 1. The minimum Gasteiger partial charge on any atom is -0.369 e. The summed E-state index contributed by atoms with van der Waals surface area (Å²) in [5.74, 6) is 0.890. The molecular formula is C13H17Cl2N3O. The predicted molar refractivity (Wildman–Crippen MR) is 79.3 cm³/mol. The number of rotatable bonds is 2. The monoisotopic (exact) mass is 301 g/mol. The number of imidazole rings is 1. The summed E-state index contributed by atoms with van der Waals surface area (Å²) in [5.41, 5.74) is 7.12. The number of hydrogen-bond acceptors (Lipinski definition) is 3. The van der Waals surface area contributed by atoms with Crippen LogP contribution in [0.15, 0.2) is 42.7 Å². The van der Waals surface area contributed by atoms with Crippen LogP contribution in [0.4, 0.5) is 0 Å². The minimum absolute atomic E-state index is 0. The van der Waals surface area contributed by atoms with Crippen LogP contribution in [0.1, 0.15) is 18.3 Å². The maximum Gasteiger partial charge on any atom is 0.144 e. The van der Waals surface area contributed by atoms with Crippen LogP contribution >= 0.6 is 24.8 Å². The molecule has 2 atom stereocenters. The fraction of sp³-hybridized carbons (Fsp3) is 0.308. The topological polar surface area (TPSA) is 53.1 Å². The molecule has 1 aromatic carbocycles. The van der Waals surface area contributed by atoms with Crippen molar-refractivity contribution in [3.63, 3.8) is 0 Å². The van der Waals surface area contributed by atoms with Gasteiger partial charge in [-0.3, -0.25) is 0 Å². The van der Waals surface area contributed by atoms with Gasteiger partial charge in [-0.15, -0.1) is 24.8 Å². The molecule has 2 aromatic rings. The first-order valence-electron chi connectivity index (χ1n) is 5.82. The van der Waals surface area contributed by atoms with Gasteiger partial charge in [-0.1, -0.05) is 18.2 Å². The summed E-state index contributed by atoms with van der Waals surface area (Å²) in [6.07, 6.45) is 4.53. The Kier molecular flexibility index (Phi) is 5.82. The lowest BCUT2D eigenvalue weighted by atomic mass is 10.1. The zero-order valence-corrected chi connectivity index (χ0v) is 11.9. The molecule has 0 amide bonds. The first-order valence-corrected chi connectivity index (χ1v) is 5.82. The van der Waals surface area contributed by atoms with Crippen LogP contribution in [0.25, 0.3) is 5.69 Å². The summed E-state index contributed by atoms with van der Waals surface area (Å²) in [4.78, 5) is 4.38. The van der Waals surface area contributed by atoms with Crippen molar-refractivity contribution in [3.8, 4) is 5.69 Å². The second kappa shape index (κ2) is 6.91. The third kappa shape index (κ3) is 3.09. The molecule has 0 saturated carbocycles. The lowest BCUT2D eigenvalue weighted by molar-refractivity contribution is 0.0968. The first kappa shape index (κ1) is 16.0. The summed E-state index contributed by atoms with van der Waals surface area (Å²) in [5, 5.41) is 0. The van der Waals surface area contributed by atoms with Crippen molar-refractivity contribution < 1.29 is 4.74 Å². The Hall–Kier alpha value is -1.07. The van der Waals surface area contributed by atoms with Crippen molar-refractivity contribution in [2.45, 2.75) is 18.6 Å². The van der Waals surface area contributed by atoms with Crippen LogP contribution in [0.3, 0.4) is 0 Å². The molecule has 0 bridgehead atoms. The lowest BCUT2D eigenvalue weighted by Gasteiger charge is -2.16. The second-order valence-corrected chi connectivity index (χ2v) is 4.23. The lowest BCUT2D eigenvalue weighted by Crippen LogP contribution is -2.25. The average molecular weight is 302 g/mol. The van der Waals surface area contributed by atoms with Gasteiger partial charge in [-0.05, 0) is 18.6 Å². The molecule has 104 valence electrons. The number of benzene rings is 1. The molecule has 2 heterocycles. The Bertz CT molecular complexity index is 504. The Morgan fingerprint density at radius 3 is 2.58 bits per heavy atom. The molecule has 1 fully saturated rings. The maximum atomic E-state index is 6.04. The van der Waals surface area contributed by atoms with Gasteiger partial charge in [0, 0.05) is 30.7 Å². The Morgan fingerprint density at radius 1 is 1.21 bits per heavy atom. The van der Waals surface area contributed by atoms with Crippen LogP contribution in [0, 0.1) is 0 Å². The number of para-hydroxylation sites is 1. The summed E-state index contributed by atoms with van der Waals surface area (Å²) >= 11 is 0. The molecule has 1 aliphatic rings. The minimum atomic E-state index is -0.0924. The normalized spacial score (nSPS) is 21.5. The van der Waals surface area contributed by atoms with E-state index >= 15 is 0 Å². The fourth-order valence-electron chi connectivity index (χ4n) is 2.20. The van der Waals surface area contributed by atoms with Gasteiger partial charge < -0.3 is 15.0 Å². The van der Waals surface area contributed by atoms with Crippen LogP contribution in [0.5, 0.6) is 0 Å². The Morgan fingerprint density at radius 2 is 1.95 bits per heavy atom. The molecule has 0 aliphatic carbocycles. The highest BCUT2D eigenvalue weighted by Crippen LogP contribution is 2.28. The Labute approximate surface area is 124 Å². The molecule has 2 N–H and O–H groups in total. The summed E-state index contributed by atoms with van der Waals surface area (Å²) < 4.78 is 7.70. The van der Waals surface area contributed by atoms with Crippen LogP contribution in [-0.2, 0) is 4.74 Å². The summed E-state index contributed by atoms with van der Waals surface area (Å²) in [6.45, 7) is 0.716. The van der Waals surface area contributed by atoms with Crippen LogP contribution in [-0.4, -0.2) is 22.2 Å². The quantitative estimate of drug-likeness (QED) is 0.927. The molecule has 0 radical (unpaired) electrons. The molecule has 0 spiro atoms. The van der Waals surface area contributed by atoms with E-state index in [2.05, 4.69) is 4.98 Å². The molecule has 1 saturated heterocycles. The fourth-order valence-corrected chi connectivity index (χ4v) is 2.20. The highest BCUT2D eigenvalue weighted by molar-refractivity contribution is 5.85. The van der Waals surface area contributed by atoms with E-state index in [1.54, 1.807) is 6.20 Å². The van der Waals surface area contributed by atoms with Gasteiger partial charge in [0.1, 0.15) is 11.9 Å². The summed E-state index contributed by atoms with van der Waals surface area (Å²) in [7, 11) is 0. The number of nitrogens with two attached hydrogens (primary N) is 1. The first-order chi connectivity index (χ1) is 8.36. The van der Waals surface area contributed by atoms with E-state index < -0.39 is 0 Å². The van der Waals surface area contributed by atoms with Gasteiger partial charge in [-0.2, -0.15) is 0 Å². The van der Waals surface area contributed by atoms with E-state index in [1.807, 2.05) is 41.1 Å². The molecule has 6 heteroatoms. The number of nitrogens with zero attached hydrogens (tertiary/aromatic N) is 2. The molecular weight excluding hydrogens is 285 g/mol. The molecule has 3 rings (SSSR count). The van der Waals surface area contributed by atoms with Crippen molar-refractivity contribution in [2.75, 3.05) is 6.61 Å². The molecule has 19 heavy (non-hydrogen) atoms. The average Bonchev–Trinajstić information content (AvgIpc) is 2.98. The molecule has 4 nitrogen and oxygen atoms in total. The van der Waals surface area contributed by atoms with Gasteiger partial charge in [-0.25, -0.2) is 4.98 Å². The van der Waals surface area contributed by atoms with Crippen molar-refractivity contribution >= 4 is 24.8 Å². The molecule has 1 aromatic heterocycles. The predicted octanol–water partition coefficient (Wildman–Crippen LogP) is 2.50. The number of halogens is 2. The van der Waals surface area contributed by atoms with E-state index in [0.717, 1.165) is 17.9 Å². The Balaban J connectivity index is 0.000000902. The van der Waals surface area contributed by atoms with E-state index in [9.17, 15) is 0 Å². The van der Waals surface area contributed by atoms with Gasteiger partial charge in [0.05, 0.1) is 0 Å². The number of hydrogen-bond donors (Lipinski definition) is 1. The largest absolute Gasteiger partial charge is 0.369 e. The highest BCUT2D eigenvalue weighted by atomic mass is 35.5. The maximum absolute atomic E-state index is 6.04. The van der Waals surface area contributed by atoms with Gasteiger partial charge in [0.15, 0.2) is 0 Å². The highest BCUT2D eigenvalue weighted by Gasteiger charge is 2.30. The number of aromatic nitrogens is 2. The van der Waals surface area contributed by atoms with Crippen molar-refractivity contribution in [3.05, 3.63) is 48.5 Å². The smallest absolute Gasteiger partial charge is 0.144 e. The SMILES string of the molecule is Cl.Cl.NC1CCOC1c1nccn1-c1ccccc1. The second-order valence-electron chi connectivity index (χ2n) is 4.23. The van der Waals surface area contributed by atoms with E-state index in [0.29, 0.717) is 6.61 Å².